The van der Waals surface area contributed by atoms with E-state index in [0.717, 1.165) is 16.6 Å². The summed E-state index contributed by atoms with van der Waals surface area (Å²) in [6.07, 6.45) is 3.99. The number of ether oxygens (including phenoxy) is 1. The van der Waals surface area contributed by atoms with Crippen molar-refractivity contribution in [2.24, 2.45) is 0 Å². The smallest absolute Gasteiger partial charge is 0.316 e. The van der Waals surface area contributed by atoms with Crippen molar-refractivity contribution in [3.8, 4) is 6.01 Å². The van der Waals surface area contributed by atoms with Gasteiger partial charge in [0.15, 0.2) is 0 Å². The Labute approximate surface area is 149 Å². The van der Waals surface area contributed by atoms with Crippen LogP contribution in [0.1, 0.15) is 16.8 Å². The molecule has 1 aromatic carbocycles. The van der Waals surface area contributed by atoms with Crippen molar-refractivity contribution < 1.29 is 9.53 Å². The van der Waals surface area contributed by atoms with Gasteiger partial charge in [0, 0.05) is 50.7 Å². The lowest BCUT2D eigenvalue weighted by Gasteiger charge is -2.18. The van der Waals surface area contributed by atoms with E-state index in [4.69, 9.17) is 4.74 Å². The Morgan fingerprint density at radius 2 is 2.08 bits per heavy atom. The van der Waals surface area contributed by atoms with Crippen LogP contribution in [0.4, 0.5) is 5.69 Å². The van der Waals surface area contributed by atoms with Crippen LogP contribution in [0, 0.1) is 0 Å². The van der Waals surface area contributed by atoms with Crippen molar-refractivity contribution in [2.75, 3.05) is 32.1 Å². The topological polar surface area (TPSA) is 58.6 Å². The van der Waals surface area contributed by atoms with Gasteiger partial charge in [-0.15, -0.1) is 0 Å². The number of hydrogen-bond acceptors (Lipinski definition) is 5. The molecule has 3 rings (SSSR count). The number of halogens is 1. The van der Waals surface area contributed by atoms with E-state index in [1.165, 1.54) is 0 Å². The Bertz CT molecular complexity index is 721. The average molecular weight is 391 g/mol. The van der Waals surface area contributed by atoms with Gasteiger partial charge in [-0.25, -0.2) is 9.97 Å². The number of carbonyl (C=O) groups excluding carboxylic acids is 1. The molecule has 0 saturated carbocycles. The maximum atomic E-state index is 12.7. The number of likely N-dealkylation sites (tertiary alicyclic amines) is 1. The molecule has 2 aromatic rings. The summed E-state index contributed by atoms with van der Waals surface area (Å²) in [4.78, 5) is 24.7. The van der Waals surface area contributed by atoms with Crippen molar-refractivity contribution >= 4 is 27.5 Å². The third-order valence-corrected chi connectivity index (χ3v) is 4.32. The first kappa shape index (κ1) is 16.7. The van der Waals surface area contributed by atoms with Gasteiger partial charge in [0.1, 0.15) is 6.10 Å². The number of carbonyl (C=O) groups is 1. The minimum absolute atomic E-state index is 0.0292. The second-order valence-electron chi connectivity index (χ2n) is 5.91. The number of rotatable bonds is 4. The maximum Gasteiger partial charge on any atom is 0.316 e. The molecule has 0 N–H and O–H groups in total. The Morgan fingerprint density at radius 1 is 1.33 bits per heavy atom. The standard InChI is InChI=1S/C17H19BrN4O2/c1-21(2)14-5-3-4-12(8-14)16(23)22-7-6-15(11-22)24-17-19-9-13(18)10-20-17/h3-5,8-10,15H,6-7,11H2,1-2H3/t15-/m0/s1. The summed E-state index contributed by atoms with van der Waals surface area (Å²) < 4.78 is 6.57. The largest absolute Gasteiger partial charge is 0.458 e. The maximum absolute atomic E-state index is 12.7. The molecule has 6 nitrogen and oxygen atoms in total. The minimum Gasteiger partial charge on any atom is -0.458 e. The number of amides is 1. The van der Waals surface area contributed by atoms with Gasteiger partial charge >= 0.3 is 6.01 Å². The van der Waals surface area contributed by atoms with Crippen LogP contribution in [0.3, 0.4) is 0 Å². The van der Waals surface area contributed by atoms with Crippen LogP contribution in [0.5, 0.6) is 6.01 Å². The molecule has 2 heterocycles. The van der Waals surface area contributed by atoms with Gasteiger partial charge < -0.3 is 14.5 Å². The zero-order valence-electron chi connectivity index (χ0n) is 13.6. The fourth-order valence-electron chi connectivity index (χ4n) is 2.62. The fourth-order valence-corrected chi connectivity index (χ4v) is 2.82. The van der Waals surface area contributed by atoms with Gasteiger partial charge in [0.05, 0.1) is 11.0 Å². The third-order valence-electron chi connectivity index (χ3n) is 3.91. The number of hydrogen-bond donors (Lipinski definition) is 0. The first-order valence-electron chi connectivity index (χ1n) is 7.74. The molecule has 24 heavy (non-hydrogen) atoms. The first-order valence-corrected chi connectivity index (χ1v) is 8.53. The molecule has 0 bridgehead atoms. The van der Waals surface area contributed by atoms with Gasteiger partial charge in [-0.3, -0.25) is 4.79 Å². The predicted molar refractivity (Wildman–Crippen MR) is 95.4 cm³/mol. The predicted octanol–water partition coefficient (Wildman–Crippen LogP) is 2.60. The first-order chi connectivity index (χ1) is 11.5. The van der Waals surface area contributed by atoms with Crippen LogP contribution >= 0.6 is 15.9 Å². The fraction of sp³-hybridized carbons (Fsp3) is 0.353. The van der Waals surface area contributed by atoms with E-state index >= 15 is 0 Å². The highest BCUT2D eigenvalue weighted by atomic mass is 79.9. The Morgan fingerprint density at radius 3 is 2.79 bits per heavy atom. The Hall–Kier alpha value is -2.15. The lowest BCUT2D eigenvalue weighted by Crippen LogP contribution is -2.31. The molecule has 0 radical (unpaired) electrons. The quantitative estimate of drug-likeness (QED) is 0.802. The van der Waals surface area contributed by atoms with Gasteiger partial charge in [0.25, 0.3) is 5.91 Å². The SMILES string of the molecule is CN(C)c1cccc(C(=O)N2CC[C@H](Oc3ncc(Br)cn3)C2)c1. The highest BCUT2D eigenvalue weighted by Crippen LogP contribution is 2.20. The van der Waals surface area contributed by atoms with Crippen LogP contribution in [0.25, 0.3) is 0 Å². The molecular formula is C17H19BrN4O2. The third kappa shape index (κ3) is 3.84. The van der Waals surface area contributed by atoms with Crippen molar-refractivity contribution in [3.63, 3.8) is 0 Å². The molecule has 0 spiro atoms. The lowest BCUT2D eigenvalue weighted by atomic mass is 10.1. The van der Waals surface area contributed by atoms with Crippen molar-refractivity contribution in [2.45, 2.75) is 12.5 Å². The summed E-state index contributed by atoms with van der Waals surface area (Å²) in [5.41, 5.74) is 1.71. The molecule has 1 atom stereocenters. The van der Waals surface area contributed by atoms with Crippen LogP contribution in [0.2, 0.25) is 0 Å². The number of aromatic nitrogens is 2. The molecular weight excluding hydrogens is 372 g/mol. The van der Waals surface area contributed by atoms with E-state index in [9.17, 15) is 4.79 Å². The van der Waals surface area contributed by atoms with E-state index in [1.54, 1.807) is 12.4 Å². The highest BCUT2D eigenvalue weighted by Gasteiger charge is 2.29. The Balaban J connectivity index is 1.63. The molecule has 1 aromatic heterocycles. The normalized spacial score (nSPS) is 17.0. The van der Waals surface area contributed by atoms with E-state index in [2.05, 4.69) is 25.9 Å². The number of benzene rings is 1. The van der Waals surface area contributed by atoms with Crippen molar-refractivity contribution in [3.05, 3.63) is 46.7 Å². The van der Waals surface area contributed by atoms with Gasteiger partial charge in [0.2, 0.25) is 0 Å². The number of nitrogens with zero attached hydrogens (tertiary/aromatic N) is 4. The highest BCUT2D eigenvalue weighted by molar-refractivity contribution is 9.10. The second kappa shape index (κ2) is 7.17. The molecule has 1 aliphatic rings. The lowest BCUT2D eigenvalue weighted by molar-refractivity contribution is 0.0769. The second-order valence-corrected chi connectivity index (χ2v) is 6.82. The molecule has 1 fully saturated rings. The number of anilines is 1. The van der Waals surface area contributed by atoms with Gasteiger partial charge in [-0.05, 0) is 34.1 Å². The molecule has 0 unspecified atom stereocenters. The van der Waals surface area contributed by atoms with Crippen LogP contribution < -0.4 is 9.64 Å². The monoisotopic (exact) mass is 390 g/mol. The summed E-state index contributed by atoms with van der Waals surface area (Å²) in [6.45, 7) is 1.22. The van der Waals surface area contributed by atoms with Crippen molar-refractivity contribution in [1.82, 2.24) is 14.9 Å². The zero-order chi connectivity index (χ0) is 17.1. The van der Waals surface area contributed by atoms with Crippen LogP contribution in [-0.4, -0.2) is 54.1 Å². The summed E-state index contributed by atoms with van der Waals surface area (Å²) in [7, 11) is 3.92. The van der Waals surface area contributed by atoms with E-state index in [0.29, 0.717) is 24.7 Å². The molecule has 0 aliphatic carbocycles. The summed E-state index contributed by atoms with van der Waals surface area (Å²) in [5.74, 6) is 0.0292. The van der Waals surface area contributed by atoms with Gasteiger partial charge in [-0.2, -0.15) is 0 Å². The molecule has 7 heteroatoms. The summed E-state index contributed by atoms with van der Waals surface area (Å²) >= 11 is 3.29. The average Bonchev–Trinajstić information content (AvgIpc) is 3.05. The molecule has 1 aliphatic heterocycles. The molecule has 126 valence electrons. The summed E-state index contributed by atoms with van der Waals surface area (Å²) in [5, 5.41) is 0. The van der Waals surface area contributed by atoms with Gasteiger partial charge in [-0.1, -0.05) is 6.07 Å². The van der Waals surface area contributed by atoms with Crippen molar-refractivity contribution in [1.29, 1.82) is 0 Å². The molecule has 1 amide bonds. The molecule has 1 saturated heterocycles. The van der Waals surface area contributed by atoms with Crippen LogP contribution in [0.15, 0.2) is 41.1 Å². The van der Waals surface area contributed by atoms with E-state index in [-0.39, 0.29) is 12.0 Å². The van der Waals surface area contributed by atoms with Crippen LogP contribution in [-0.2, 0) is 0 Å². The Kier molecular flexibility index (Phi) is 4.99. The minimum atomic E-state index is -0.0767. The van der Waals surface area contributed by atoms with E-state index in [1.807, 2.05) is 48.2 Å². The summed E-state index contributed by atoms with van der Waals surface area (Å²) in [6, 6.07) is 7.99. The van der Waals surface area contributed by atoms with E-state index < -0.39 is 0 Å². The zero-order valence-corrected chi connectivity index (χ0v) is 15.2.